The van der Waals surface area contributed by atoms with Gasteiger partial charge in [-0.1, -0.05) is 515 Å². The summed E-state index contributed by atoms with van der Waals surface area (Å²) in [6, 6.07) is 184. The number of benzene rings is 26. The molecule has 3 aliphatic carbocycles. The first-order valence-electron chi connectivity index (χ1n) is 50.4. The van der Waals surface area contributed by atoms with Crippen LogP contribution >= 0.6 is 0 Å². The van der Waals surface area contributed by atoms with E-state index in [2.05, 4.69) is 539 Å². The molecule has 0 saturated heterocycles. The van der Waals surface area contributed by atoms with Crippen molar-refractivity contribution in [1.29, 1.82) is 0 Å². The minimum absolute atomic E-state index is 0.0526. The van der Waals surface area contributed by atoms with Crippen LogP contribution < -0.4 is 0 Å². The Hall–Kier alpha value is -17.4. The Balaban J connectivity index is 0.000000107. The van der Waals surface area contributed by atoms with Crippen molar-refractivity contribution in [2.75, 3.05) is 0 Å². The summed E-state index contributed by atoms with van der Waals surface area (Å²) in [4.78, 5) is 0. The fraction of sp³-hybridized carbons (Fsp3) is 0.0629. The van der Waals surface area contributed by atoms with E-state index in [1.807, 2.05) is 0 Å². The maximum Gasteiger partial charge on any atom is 0.0159 e. The first-order chi connectivity index (χ1) is 70.3. The molecule has 0 saturated carbocycles. The van der Waals surface area contributed by atoms with Crippen LogP contribution in [0.2, 0.25) is 0 Å². The van der Waals surface area contributed by atoms with Crippen molar-refractivity contribution in [3.63, 3.8) is 0 Å². The van der Waals surface area contributed by atoms with Crippen molar-refractivity contribution in [3.05, 3.63) is 531 Å². The molecule has 0 aliphatic heterocycles. The molecule has 0 atom stereocenters. The van der Waals surface area contributed by atoms with Crippen molar-refractivity contribution >= 4 is 118 Å². The Morgan fingerprint density at radius 3 is 0.636 bits per heavy atom. The Morgan fingerprint density at radius 1 is 0.105 bits per heavy atom. The van der Waals surface area contributed by atoms with E-state index in [4.69, 9.17) is 0 Å². The molecule has 0 N–H and O–H groups in total. The molecule has 29 rings (SSSR count). The van der Waals surface area contributed by atoms with Gasteiger partial charge in [0.25, 0.3) is 0 Å². The fourth-order valence-corrected chi connectivity index (χ4v) is 25.4. The summed E-state index contributed by atoms with van der Waals surface area (Å²) in [6.45, 7) is 14.2. The second kappa shape index (κ2) is 33.4. The summed E-state index contributed by atoms with van der Waals surface area (Å²) in [5.74, 6) is 0. The van der Waals surface area contributed by atoms with Gasteiger partial charge in [0.15, 0.2) is 0 Å². The quantitative estimate of drug-likeness (QED) is 0.126. The summed E-state index contributed by atoms with van der Waals surface area (Å²) in [6.07, 6.45) is 0. The van der Waals surface area contributed by atoms with Crippen LogP contribution in [-0.4, -0.2) is 0 Å². The highest BCUT2D eigenvalue weighted by atomic mass is 14.4. The lowest BCUT2D eigenvalue weighted by atomic mass is 9.80. The van der Waals surface area contributed by atoms with Crippen molar-refractivity contribution in [3.8, 4) is 134 Å². The summed E-state index contributed by atoms with van der Waals surface area (Å²) >= 11 is 0. The van der Waals surface area contributed by atoms with E-state index in [1.54, 1.807) is 0 Å². The molecule has 0 nitrogen and oxygen atoms in total. The van der Waals surface area contributed by atoms with Gasteiger partial charge in [-0.3, -0.25) is 0 Å². The van der Waals surface area contributed by atoms with Crippen LogP contribution in [0.3, 0.4) is 0 Å². The molecule has 3 aliphatic rings. The minimum Gasteiger partial charge on any atom is -0.0622 e. The van der Waals surface area contributed by atoms with Gasteiger partial charge in [-0.15, -0.1) is 0 Å². The summed E-state index contributed by atoms with van der Waals surface area (Å²) in [7, 11) is 0. The normalized spacial score (nSPS) is 13.3. The van der Waals surface area contributed by atoms with Gasteiger partial charge in [-0.25, -0.2) is 0 Å². The van der Waals surface area contributed by atoms with Gasteiger partial charge in [-0.2, -0.15) is 0 Å². The zero-order valence-corrected chi connectivity index (χ0v) is 80.8. The Bertz CT molecular complexity index is 9580. The summed E-state index contributed by atoms with van der Waals surface area (Å²) in [5.41, 5.74) is 39.5. The van der Waals surface area contributed by atoms with Gasteiger partial charge in [0, 0.05) is 16.2 Å². The Labute approximate surface area is 834 Å². The third-order valence-electron chi connectivity index (χ3n) is 32.2. The molecular weight excluding hydrogens is 1720 g/mol. The van der Waals surface area contributed by atoms with Gasteiger partial charge >= 0.3 is 0 Å². The van der Waals surface area contributed by atoms with Crippen LogP contribution in [0.1, 0.15) is 74.9 Å². The second-order valence-corrected chi connectivity index (χ2v) is 40.9. The van der Waals surface area contributed by atoms with Crippen molar-refractivity contribution in [1.82, 2.24) is 0 Å². The van der Waals surface area contributed by atoms with Crippen molar-refractivity contribution < 1.29 is 0 Å². The molecular formula is C143H100. The highest BCUT2D eigenvalue weighted by Gasteiger charge is 2.41. The van der Waals surface area contributed by atoms with Crippen LogP contribution in [0.15, 0.2) is 497 Å². The molecule has 0 radical (unpaired) electrons. The summed E-state index contributed by atoms with van der Waals surface area (Å²) in [5, 5.41) is 28.3. The van der Waals surface area contributed by atoms with Crippen molar-refractivity contribution in [2.24, 2.45) is 0 Å². The Kier molecular flexibility index (Phi) is 19.8. The SMILES string of the molecule is CC1(C)c2ccccc2-c2c1cc(-c1ccc(-c3c4ccccc4c(-c4ccc5ccccc5c4)c4ccccc34)cc1)c1ccccc21.CC1(C)c2ccccc2-c2c1cc(-c1ccc(-c3c4ccccc4c(-c4cccc5ccccc45)c4ccccc34)cc1)c1ccccc21.CC1(C)c2ccccc2-c2c1cc(-c1ccc(-c3c4ccccc4c(-c4ccccc4)c4ccccc34)cc1)c1ccccc21. The molecule has 672 valence electrons. The van der Waals surface area contributed by atoms with E-state index in [0.29, 0.717) is 0 Å². The maximum atomic E-state index is 2.47. The van der Waals surface area contributed by atoms with E-state index in [-0.39, 0.29) is 16.2 Å². The Morgan fingerprint density at radius 2 is 0.315 bits per heavy atom. The summed E-state index contributed by atoms with van der Waals surface area (Å²) < 4.78 is 0. The van der Waals surface area contributed by atoms with E-state index in [0.717, 1.165) is 0 Å². The molecule has 0 heterocycles. The molecule has 26 aromatic rings. The zero-order chi connectivity index (χ0) is 95.5. The molecule has 0 unspecified atom stereocenters. The molecule has 0 amide bonds. The number of fused-ring (bicyclic) bond motifs is 23. The lowest BCUT2D eigenvalue weighted by Gasteiger charge is -2.23. The molecule has 0 bridgehead atoms. The first kappa shape index (κ1) is 84.8. The van der Waals surface area contributed by atoms with Gasteiger partial charge in [-0.05, 0) is 310 Å². The van der Waals surface area contributed by atoms with Crippen LogP contribution in [0.4, 0.5) is 0 Å². The van der Waals surface area contributed by atoms with Crippen LogP contribution in [0, 0.1) is 0 Å². The predicted octanol–water partition coefficient (Wildman–Crippen LogP) is 39.7. The highest BCUT2D eigenvalue weighted by molar-refractivity contribution is 6.27. The first-order valence-corrected chi connectivity index (χ1v) is 50.4. The standard InChI is InChI=1S/2C49H34.C45H32/c1-49(2)44-25-12-11-23-42(44)48-37-18-6-5-17-35(37)43(30-45(48)49)32-26-28-33(29-27-32)46-38-19-7-9-21-40(38)47(41-22-10-8-20-39(41)46)36-24-13-15-31-14-3-4-16-34(31)36;1-49(2)44-22-12-11-21-42(44)48-37-16-6-5-15-36(37)43(30-45(48)49)32-24-26-33(27-25-32)46-38-17-7-9-19-40(38)47(41-20-10-8-18-39(41)46)35-28-23-31-13-3-4-14-34(31)29-35;1-45(2)40-23-13-12-22-38(40)44-33-17-7-6-16-32(33)39(28-41(44)45)29-24-26-31(27-25-29)43-36-20-10-8-18-34(36)42(30-14-4-3-5-15-30)35-19-9-11-21-37(35)43/h2*3-30H,1-2H3;3-28H,1-2H3. The van der Waals surface area contributed by atoms with E-state index >= 15 is 0 Å². The van der Waals surface area contributed by atoms with E-state index in [9.17, 15) is 0 Å². The fourth-order valence-electron chi connectivity index (χ4n) is 25.4. The third-order valence-corrected chi connectivity index (χ3v) is 32.2. The highest BCUT2D eigenvalue weighted by Crippen LogP contribution is 2.59. The largest absolute Gasteiger partial charge is 0.0622 e. The molecule has 143 heavy (non-hydrogen) atoms. The average molecular weight is 1820 g/mol. The van der Waals surface area contributed by atoms with Crippen LogP contribution in [0.5, 0.6) is 0 Å². The van der Waals surface area contributed by atoms with Crippen LogP contribution in [-0.2, 0) is 16.2 Å². The number of rotatable bonds is 9. The minimum atomic E-state index is -0.0612. The molecule has 0 fully saturated rings. The average Bonchev–Trinajstić information content (AvgIpc) is 1.57. The lowest BCUT2D eigenvalue weighted by molar-refractivity contribution is 0.661. The zero-order valence-electron chi connectivity index (χ0n) is 80.8. The number of hydrogen-bond donors (Lipinski definition) is 0. The van der Waals surface area contributed by atoms with E-state index < -0.39 is 0 Å². The van der Waals surface area contributed by atoms with Gasteiger partial charge in [0.1, 0.15) is 0 Å². The molecule has 26 aromatic carbocycles. The van der Waals surface area contributed by atoms with Crippen LogP contribution in [0.25, 0.3) is 252 Å². The monoisotopic (exact) mass is 1820 g/mol. The van der Waals surface area contributed by atoms with Gasteiger partial charge < -0.3 is 0 Å². The molecule has 0 aromatic heterocycles. The van der Waals surface area contributed by atoms with Gasteiger partial charge in [0.05, 0.1) is 0 Å². The van der Waals surface area contributed by atoms with Gasteiger partial charge in [0.2, 0.25) is 0 Å². The lowest BCUT2D eigenvalue weighted by Crippen LogP contribution is -2.15. The second-order valence-electron chi connectivity index (χ2n) is 40.9. The third kappa shape index (κ3) is 13.4. The molecule has 0 heteroatoms. The van der Waals surface area contributed by atoms with Crippen molar-refractivity contribution in [2.45, 2.75) is 57.8 Å². The maximum absolute atomic E-state index is 2.47. The smallest absolute Gasteiger partial charge is 0.0159 e. The predicted molar refractivity (Wildman–Crippen MR) is 614 cm³/mol. The van der Waals surface area contributed by atoms with E-state index in [1.165, 1.54) is 285 Å². The molecule has 0 spiro atoms. The number of hydrogen-bond acceptors (Lipinski definition) is 0. The topological polar surface area (TPSA) is 0 Å².